The molecule has 0 saturated heterocycles. The molecule has 33 heavy (non-hydrogen) atoms. The van der Waals surface area contributed by atoms with Crippen LogP contribution in [0.4, 0.5) is 13.2 Å². The third-order valence-corrected chi connectivity index (χ3v) is 6.73. The van der Waals surface area contributed by atoms with Crippen LogP contribution in [0.15, 0.2) is 47.3 Å². The summed E-state index contributed by atoms with van der Waals surface area (Å²) >= 11 is 5.99. The number of hydrogen-bond donors (Lipinski definition) is 1. The second kappa shape index (κ2) is 9.25. The Bertz CT molecular complexity index is 1220. The quantitative estimate of drug-likeness (QED) is 0.526. The monoisotopic (exact) mass is 479 g/mol. The van der Waals surface area contributed by atoms with Gasteiger partial charge in [-0.1, -0.05) is 23.7 Å². The molecule has 0 atom stereocenters. The molecule has 0 bridgehead atoms. The smallest absolute Gasteiger partial charge is 0.349 e. The van der Waals surface area contributed by atoms with Crippen molar-refractivity contribution in [3.63, 3.8) is 0 Å². The Labute approximate surface area is 194 Å². The van der Waals surface area contributed by atoms with Crippen molar-refractivity contribution in [1.82, 2.24) is 14.5 Å². The van der Waals surface area contributed by atoms with Gasteiger partial charge in [0.2, 0.25) is 0 Å². The van der Waals surface area contributed by atoms with E-state index in [1.807, 2.05) is 35.8 Å². The predicted octanol–water partition coefficient (Wildman–Crippen LogP) is 5.48. The molecule has 1 saturated carbocycles. The van der Waals surface area contributed by atoms with E-state index in [-0.39, 0.29) is 28.2 Å². The van der Waals surface area contributed by atoms with Crippen LogP contribution in [0.2, 0.25) is 5.02 Å². The number of aryl methyl sites for hydroxylation is 1. The lowest BCUT2D eigenvalue weighted by molar-refractivity contribution is -0.137. The van der Waals surface area contributed by atoms with Gasteiger partial charge < -0.3 is 5.32 Å². The summed E-state index contributed by atoms with van der Waals surface area (Å²) in [5.74, 6) is -0.319. The van der Waals surface area contributed by atoms with Gasteiger partial charge in [0.25, 0.3) is 5.91 Å². The maximum absolute atomic E-state index is 13.0. The van der Waals surface area contributed by atoms with Gasteiger partial charge in [-0.3, -0.25) is 13.9 Å². The van der Waals surface area contributed by atoms with Crippen molar-refractivity contribution in [2.45, 2.75) is 57.9 Å². The molecule has 1 aliphatic rings. The summed E-state index contributed by atoms with van der Waals surface area (Å²) < 4.78 is 42.6. The van der Waals surface area contributed by atoms with Gasteiger partial charge in [0, 0.05) is 19.1 Å². The van der Waals surface area contributed by atoms with Crippen molar-refractivity contribution < 1.29 is 18.0 Å². The summed E-state index contributed by atoms with van der Waals surface area (Å²) in [6.45, 7) is 3.15. The Morgan fingerprint density at radius 2 is 1.70 bits per heavy atom. The molecule has 1 N–H and O–H groups in total. The molecular formula is C24H25ClF3N3O2. The number of fused-ring (bicyclic) bond motifs is 1. The average molecular weight is 480 g/mol. The van der Waals surface area contributed by atoms with Gasteiger partial charge in [0.05, 0.1) is 27.2 Å². The Morgan fingerprint density at radius 1 is 1.06 bits per heavy atom. The number of alkyl halides is 3. The molecule has 1 aliphatic carbocycles. The van der Waals surface area contributed by atoms with Crippen molar-refractivity contribution >= 4 is 28.5 Å². The highest BCUT2D eigenvalue weighted by Gasteiger charge is 2.32. The number of nitrogens with zero attached hydrogens (tertiary/aromatic N) is 2. The number of hydrogen-bond acceptors (Lipinski definition) is 2. The second-order valence-electron chi connectivity index (χ2n) is 8.51. The first kappa shape index (κ1) is 23.4. The van der Waals surface area contributed by atoms with Crippen molar-refractivity contribution in [2.24, 2.45) is 5.92 Å². The van der Waals surface area contributed by atoms with Crippen LogP contribution in [0.25, 0.3) is 11.0 Å². The van der Waals surface area contributed by atoms with E-state index in [1.165, 1.54) is 0 Å². The van der Waals surface area contributed by atoms with Gasteiger partial charge in [-0.2, -0.15) is 13.2 Å². The number of benzene rings is 2. The van der Waals surface area contributed by atoms with Crippen LogP contribution in [0.5, 0.6) is 0 Å². The molecule has 0 aliphatic heterocycles. The third kappa shape index (κ3) is 4.81. The van der Waals surface area contributed by atoms with E-state index in [1.54, 1.807) is 4.57 Å². The van der Waals surface area contributed by atoms with E-state index in [2.05, 4.69) is 5.32 Å². The van der Waals surface area contributed by atoms with E-state index < -0.39 is 17.6 Å². The van der Waals surface area contributed by atoms with Crippen LogP contribution >= 0.6 is 11.6 Å². The molecule has 0 unspecified atom stereocenters. The molecule has 176 valence electrons. The number of rotatable bonds is 5. The number of carbonyl (C=O) groups excluding carboxylic acids is 1. The molecule has 4 rings (SSSR count). The number of aromatic nitrogens is 2. The number of para-hydroxylation sites is 2. The summed E-state index contributed by atoms with van der Waals surface area (Å²) in [5, 5.41) is 2.82. The molecule has 3 aromatic rings. The molecule has 0 radical (unpaired) electrons. The van der Waals surface area contributed by atoms with Gasteiger partial charge in [-0.15, -0.1) is 0 Å². The first-order valence-corrected chi connectivity index (χ1v) is 11.4. The lowest BCUT2D eigenvalue weighted by Crippen LogP contribution is -2.38. The van der Waals surface area contributed by atoms with Gasteiger partial charge in [-0.05, 0) is 68.9 Å². The van der Waals surface area contributed by atoms with E-state index in [9.17, 15) is 22.8 Å². The van der Waals surface area contributed by atoms with Crippen LogP contribution in [-0.2, 0) is 19.3 Å². The topological polar surface area (TPSA) is 56.0 Å². The zero-order valence-corrected chi connectivity index (χ0v) is 18.9. The highest BCUT2D eigenvalue weighted by Crippen LogP contribution is 2.32. The van der Waals surface area contributed by atoms with E-state index >= 15 is 0 Å². The van der Waals surface area contributed by atoms with E-state index in [0.29, 0.717) is 25.9 Å². The maximum atomic E-state index is 13.0. The fourth-order valence-corrected chi connectivity index (χ4v) is 4.84. The Morgan fingerprint density at radius 3 is 2.30 bits per heavy atom. The third-order valence-electron chi connectivity index (χ3n) is 6.40. The zero-order chi connectivity index (χ0) is 23.8. The van der Waals surface area contributed by atoms with Crippen molar-refractivity contribution in [1.29, 1.82) is 0 Å². The highest BCUT2D eigenvalue weighted by atomic mass is 35.5. The number of amides is 1. The van der Waals surface area contributed by atoms with Crippen LogP contribution in [0.3, 0.4) is 0 Å². The SMILES string of the molecule is CCn1c(=O)n(CC2CCC(NC(=O)c3cc(C(F)(F)F)ccc3Cl)CC2)c2ccccc21. The first-order valence-electron chi connectivity index (χ1n) is 11.0. The zero-order valence-electron chi connectivity index (χ0n) is 18.2. The minimum Gasteiger partial charge on any atom is -0.349 e. The predicted molar refractivity (Wildman–Crippen MR) is 122 cm³/mol. The molecule has 5 nitrogen and oxygen atoms in total. The van der Waals surface area contributed by atoms with Crippen LogP contribution in [0, 0.1) is 5.92 Å². The summed E-state index contributed by atoms with van der Waals surface area (Å²) in [4.78, 5) is 25.5. The molecule has 1 amide bonds. The minimum absolute atomic E-state index is 0.0131. The van der Waals surface area contributed by atoms with Gasteiger partial charge in [0.15, 0.2) is 0 Å². The molecule has 1 heterocycles. The molecule has 0 spiro atoms. The summed E-state index contributed by atoms with van der Waals surface area (Å²) in [6.07, 6.45) is -1.56. The van der Waals surface area contributed by atoms with Gasteiger partial charge in [-0.25, -0.2) is 4.79 Å². The number of imidazole rings is 1. The first-order chi connectivity index (χ1) is 15.7. The fraction of sp³-hybridized carbons (Fsp3) is 0.417. The van der Waals surface area contributed by atoms with Gasteiger partial charge >= 0.3 is 11.9 Å². The molecule has 9 heteroatoms. The van der Waals surface area contributed by atoms with Crippen LogP contribution < -0.4 is 11.0 Å². The average Bonchev–Trinajstić information content (AvgIpc) is 3.05. The molecular weight excluding hydrogens is 455 g/mol. The molecule has 1 fully saturated rings. The number of nitrogens with one attached hydrogen (secondary N) is 1. The van der Waals surface area contributed by atoms with Crippen LogP contribution in [-0.4, -0.2) is 21.1 Å². The summed E-state index contributed by atoms with van der Waals surface area (Å²) in [7, 11) is 0. The standard InChI is InChI=1S/C24H25ClF3N3O2/c1-2-30-20-5-3-4-6-21(20)31(23(30)33)14-15-7-10-17(11-8-15)29-22(32)18-13-16(24(26,27)28)9-12-19(18)25/h3-6,9,12-13,15,17H,2,7-8,10-11,14H2,1H3,(H,29,32). The van der Waals surface area contributed by atoms with Gasteiger partial charge in [0.1, 0.15) is 0 Å². The van der Waals surface area contributed by atoms with E-state index in [4.69, 9.17) is 11.6 Å². The Balaban J connectivity index is 1.41. The van der Waals surface area contributed by atoms with Crippen molar-refractivity contribution in [2.75, 3.05) is 0 Å². The lowest BCUT2D eigenvalue weighted by Gasteiger charge is -2.29. The molecule has 2 aromatic carbocycles. The Hall–Kier alpha value is -2.74. The number of carbonyl (C=O) groups is 1. The fourth-order valence-electron chi connectivity index (χ4n) is 4.64. The van der Waals surface area contributed by atoms with Crippen molar-refractivity contribution in [3.8, 4) is 0 Å². The van der Waals surface area contributed by atoms with Crippen LogP contribution in [0.1, 0.15) is 48.5 Å². The summed E-state index contributed by atoms with van der Waals surface area (Å²) in [5.41, 5.74) is 0.737. The highest BCUT2D eigenvalue weighted by molar-refractivity contribution is 6.33. The lowest BCUT2D eigenvalue weighted by atomic mass is 9.85. The largest absolute Gasteiger partial charge is 0.416 e. The minimum atomic E-state index is -4.54. The Kier molecular flexibility index (Phi) is 6.56. The van der Waals surface area contributed by atoms with E-state index in [0.717, 1.165) is 42.1 Å². The molecule has 1 aromatic heterocycles. The normalized spacial score (nSPS) is 19.1. The van der Waals surface area contributed by atoms with Crippen molar-refractivity contribution in [3.05, 3.63) is 69.1 Å². The summed E-state index contributed by atoms with van der Waals surface area (Å²) in [6, 6.07) is 10.3. The maximum Gasteiger partial charge on any atom is 0.416 e. The number of halogens is 4. The second-order valence-corrected chi connectivity index (χ2v) is 8.92.